The topological polar surface area (TPSA) is 197 Å². The minimum Gasteiger partial charge on any atom is -0.480 e. The van der Waals surface area contributed by atoms with Gasteiger partial charge in [-0.15, -0.1) is 0 Å². The van der Waals surface area contributed by atoms with Crippen LogP contribution in [0.4, 0.5) is 36.4 Å². The van der Waals surface area contributed by atoms with Crippen LogP contribution in [0.25, 0.3) is 0 Å². The number of aliphatic carboxylic acids is 1. The number of hydrogen-bond acceptors (Lipinski definition) is 10. The predicted octanol–water partition coefficient (Wildman–Crippen LogP) is 6.40. The second-order valence-corrected chi connectivity index (χ2v) is 13.2. The summed E-state index contributed by atoms with van der Waals surface area (Å²) < 4.78 is 43.6. The van der Waals surface area contributed by atoms with Gasteiger partial charge in [0, 0.05) is 28.5 Å². The minimum atomic E-state index is -4.64. The number of nitrogens with one attached hydrogen (secondary N) is 5. The lowest BCUT2D eigenvalue weighted by Crippen LogP contribution is -2.44. The molecule has 1 atom stereocenters. The van der Waals surface area contributed by atoms with Gasteiger partial charge in [0.1, 0.15) is 6.04 Å². The molecular weight excluding hydrogens is 745 g/mol. The highest BCUT2D eigenvalue weighted by Gasteiger charge is 2.45. The molecule has 14 nitrogen and oxygen atoms in total. The summed E-state index contributed by atoms with van der Waals surface area (Å²) in [7, 11) is 0. The highest BCUT2D eigenvalue weighted by molar-refractivity contribution is 6.39. The normalized spacial score (nSPS) is 13.4. The van der Waals surface area contributed by atoms with Crippen LogP contribution in [-0.4, -0.2) is 69.1 Å². The summed E-state index contributed by atoms with van der Waals surface area (Å²) in [6.45, 7) is 2.11. The molecule has 3 aromatic carbocycles. The molecule has 0 radical (unpaired) electrons. The van der Waals surface area contributed by atoms with Gasteiger partial charge in [-0.25, -0.2) is 4.79 Å². The van der Waals surface area contributed by atoms with Crippen LogP contribution >= 0.6 is 11.6 Å². The molecule has 3 amide bonds. The van der Waals surface area contributed by atoms with Gasteiger partial charge in [0.05, 0.1) is 5.54 Å². The second kappa shape index (κ2) is 17.9. The number of benzene rings is 3. The van der Waals surface area contributed by atoms with Crippen molar-refractivity contribution in [1.29, 1.82) is 0 Å². The Morgan fingerprint density at radius 2 is 1.58 bits per heavy atom. The van der Waals surface area contributed by atoms with Crippen LogP contribution in [0, 0.1) is 0 Å². The molecule has 0 aliphatic heterocycles. The first-order chi connectivity index (χ1) is 25.6. The van der Waals surface area contributed by atoms with E-state index in [2.05, 4.69) is 41.5 Å². The summed E-state index contributed by atoms with van der Waals surface area (Å²) in [6.07, 6.45) is -3.46. The molecule has 1 aliphatic carbocycles. The largest absolute Gasteiger partial charge is 0.480 e. The number of nitrogens with zero attached hydrogens (tertiary/aromatic N) is 3. The Kier molecular flexibility index (Phi) is 13.6. The maximum Gasteiger partial charge on any atom is 0.422 e. The molecule has 1 saturated carbocycles. The zero-order valence-corrected chi connectivity index (χ0v) is 29.7. The van der Waals surface area contributed by atoms with Crippen molar-refractivity contribution in [3.8, 4) is 6.01 Å². The first-order valence-corrected chi connectivity index (χ1v) is 17.1. The molecule has 1 aromatic heterocycles. The molecular formula is C37H40ClF3N8O6. The van der Waals surface area contributed by atoms with Gasteiger partial charge < -0.3 is 36.4 Å². The number of anilines is 4. The molecule has 1 aliphatic rings. The summed E-state index contributed by atoms with van der Waals surface area (Å²) in [5.41, 5.74) is 2.13. The first-order valence-electron chi connectivity index (χ1n) is 16.7. The van der Waals surface area contributed by atoms with Crippen molar-refractivity contribution in [2.45, 2.75) is 64.2 Å². The van der Waals surface area contributed by atoms with Gasteiger partial charge in [0.2, 0.25) is 11.9 Å². The van der Waals surface area contributed by atoms with E-state index in [4.69, 9.17) is 16.3 Å². The zero-order valence-electron chi connectivity index (χ0n) is 29.0. The molecule has 4 aromatic rings. The Balaban J connectivity index is 0.00000673. The van der Waals surface area contributed by atoms with Crippen LogP contribution in [-0.2, 0) is 19.9 Å². The van der Waals surface area contributed by atoms with Crippen molar-refractivity contribution in [2.75, 3.05) is 29.1 Å². The molecule has 0 spiro atoms. The zero-order chi connectivity index (χ0) is 39.0. The van der Waals surface area contributed by atoms with E-state index >= 15 is 0 Å². The number of carboxylic acid groups (broad SMARTS) is 1. The maximum atomic E-state index is 12.9. The summed E-state index contributed by atoms with van der Waals surface area (Å²) in [5.74, 6) is -4.00. The number of carbonyl (C=O) groups excluding carboxylic acids is 3. The van der Waals surface area contributed by atoms with Crippen molar-refractivity contribution in [1.82, 2.24) is 25.6 Å². The Morgan fingerprint density at radius 1 is 0.909 bits per heavy atom. The number of halogens is 4. The van der Waals surface area contributed by atoms with Gasteiger partial charge in [-0.3, -0.25) is 14.4 Å². The number of rotatable bonds is 15. The fourth-order valence-corrected chi connectivity index (χ4v) is 5.31. The van der Waals surface area contributed by atoms with Gasteiger partial charge in [0.25, 0.3) is 5.91 Å². The molecule has 0 unspecified atom stereocenters. The summed E-state index contributed by atoms with van der Waals surface area (Å²) >= 11 is 6.02. The number of amides is 3. The Hall–Kier alpha value is -5.97. The molecule has 55 heavy (non-hydrogen) atoms. The molecule has 292 valence electrons. The first kappa shape index (κ1) is 41.8. The van der Waals surface area contributed by atoms with E-state index < -0.39 is 54.1 Å². The van der Waals surface area contributed by atoms with Crippen molar-refractivity contribution >= 4 is 58.6 Å². The van der Waals surface area contributed by atoms with Crippen molar-refractivity contribution in [3.63, 3.8) is 0 Å². The van der Waals surface area contributed by atoms with E-state index in [0.29, 0.717) is 29.2 Å². The highest BCUT2D eigenvalue weighted by Crippen LogP contribution is 2.48. The SMILES string of the molecule is C.CC(C)c1cccc(NC(=O)C(=O)NCC[C@H](NC(=O)c2ccc(Nc3nc(NC4(c5ccc(Cl)cc5)CC4)nc(OCC(F)(F)F)n3)cc2)C(=O)O)c1. The Labute approximate surface area is 319 Å². The van der Waals surface area contributed by atoms with Crippen LogP contribution in [0.15, 0.2) is 72.8 Å². The van der Waals surface area contributed by atoms with Crippen molar-refractivity contribution in [2.24, 2.45) is 0 Å². The minimum absolute atomic E-state index is 0. The van der Waals surface area contributed by atoms with Gasteiger partial charge in [0.15, 0.2) is 6.61 Å². The molecule has 18 heteroatoms. The average Bonchev–Trinajstić information content (AvgIpc) is 3.90. The monoisotopic (exact) mass is 784 g/mol. The Morgan fingerprint density at radius 3 is 2.20 bits per heavy atom. The van der Waals surface area contributed by atoms with Crippen molar-refractivity contribution in [3.05, 3.63) is 94.5 Å². The summed E-state index contributed by atoms with van der Waals surface area (Å²) in [5, 5.41) is 23.5. The van der Waals surface area contributed by atoms with E-state index in [-0.39, 0.29) is 43.8 Å². The summed E-state index contributed by atoms with van der Waals surface area (Å²) in [6, 6.07) is 17.8. The molecule has 0 saturated heterocycles. The maximum absolute atomic E-state index is 12.9. The number of carbonyl (C=O) groups is 4. The third-order valence-electron chi connectivity index (χ3n) is 8.22. The van der Waals surface area contributed by atoms with Crippen LogP contribution < -0.4 is 31.3 Å². The molecule has 1 heterocycles. The fraction of sp³-hybridized carbons (Fsp3) is 0.324. The number of aromatic nitrogens is 3. The van der Waals surface area contributed by atoms with Crippen molar-refractivity contribution < 1.29 is 42.2 Å². The molecule has 6 N–H and O–H groups in total. The quantitative estimate of drug-likeness (QED) is 0.0730. The highest BCUT2D eigenvalue weighted by atomic mass is 35.5. The van der Waals surface area contributed by atoms with Crippen LogP contribution in [0.3, 0.4) is 0 Å². The van der Waals surface area contributed by atoms with Gasteiger partial charge in [-0.2, -0.15) is 28.1 Å². The van der Waals surface area contributed by atoms with E-state index in [1.54, 1.807) is 30.3 Å². The summed E-state index contributed by atoms with van der Waals surface area (Å²) in [4.78, 5) is 61.8. The van der Waals surface area contributed by atoms with Crippen LogP contribution in [0.5, 0.6) is 6.01 Å². The number of carboxylic acids is 1. The number of ether oxygens (including phenoxy) is 1. The van der Waals surface area contributed by atoms with E-state index in [1.165, 1.54) is 24.3 Å². The van der Waals surface area contributed by atoms with Crippen LogP contribution in [0.2, 0.25) is 5.02 Å². The fourth-order valence-electron chi connectivity index (χ4n) is 5.18. The second-order valence-electron chi connectivity index (χ2n) is 12.7. The standard InChI is InChI=1S/C36H36ClF3N8O6.CH4/c1-20(2)22-4-3-5-26(18-22)42-30(51)29(50)41-17-14-27(31(52)53)44-28(49)21-6-12-25(13-7-21)43-32-45-33(47-34(46-32)54-19-36(38,39)40)48-35(15-16-35)23-8-10-24(37)11-9-23;/h3-13,18,20,27H,14-17,19H2,1-2H3,(H,41,50)(H,42,51)(H,44,49)(H,52,53)(H2,43,45,46,47,48);1H4/t27-;/m0./s1. The van der Waals surface area contributed by atoms with Gasteiger partial charge in [-0.05, 0) is 84.8 Å². The number of alkyl halides is 3. The van der Waals surface area contributed by atoms with E-state index in [1.807, 2.05) is 32.0 Å². The van der Waals surface area contributed by atoms with E-state index in [0.717, 1.165) is 11.1 Å². The number of hydrogen-bond donors (Lipinski definition) is 6. The molecule has 5 rings (SSSR count). The predicted molar refractivity (Wildman–Crippen MR) is 199 cm³/mol. The lowest BCUT2D eigenvalue weighted by Gasteiger charge is -2.19. The smallest absolute Gasteiger partial charge is 0.422 e. The molecule has 1 fully saturated rings. The van der Waals surface area contributed by atoms with Gasteiger partial charge >= 0.3 is 30.0 Å². The lowest BCUT2D eigenvalue weighted by atomic mass is 10.0. The van der Waals surface area contributed by atoms with Crippen LogP contribution in [0.1, 0.15) is 67.9 Å². The molecule has 0 bridgehead atoms. The third kappa shape index (κ3) is 12.0. The third-order valence-corrected chi connectivity index (χ3v) is 8.47. The lowest BCUT2D eigenvalue weighted by molar-refractivity contribution is -0.154. The Bertz CT molecular complexity index is 1990. The van der Waals surface area contributed by atoms with E-state index in [9.17, 15) is 37.5 Å². The average molecular weight is 785 g/mol. The van der Waals surface area contributed by atoms with Gasteiger partial charge in [-0.1, -0.05) is 57.1 Å².